The number of nitrogens with two attached hydrogens (primary N) is 1. The van der Waals surface area contributed by atoms with Crippen LogP contribution in [-0.4, -0.2) is 57.7 Å². The molecule has 2 aromatic rings. The number of carbonyl (C=O) groups is 1. The van der Waals surface area contributed by atoms with Crippen molar-refractivity contribution in [3.63, 3.8) is 0 Å². The Morgan fingerprint density at radius 1 is 1.25 bits per heavy atom. The highest BCUT2D eigenvalue weighted by Crippen LogP contribution is 2.78. The third-order valence-corrected chi connectivity index (χ3v) is 8.00. The van der Waals surface area contributed by atoms with Crippen molar-refractivity contribution in [1.29, 1.82) is 0 Å². The van der Waals surface area contributed by atoms with E-state index < -0.39 is 23.0 Å². The second kappa shape index (κ2) is 7.80. The van der Waals surface area contributed by atoms with Gasteiger partial charge in [-0.1, -0.05) is 0 Å². The highest BCUT2D eigenvalue weighted by Gasteiger charge is 2.79. The highest BCUT2D eigenvalue weighted by atomic mass is 19.4. The molecule has 4 aliphatic carbocycles. The molecule has 36 heavy (non-hydrogen) atoms. The monoisotopic (exact) mass is 506 g/mol. The molecule has 0 spiro atoms. The van der Waals surface area contributed by atoms with Gasteiger partial charge in [-0.3, -0.25) is 4.68 Å². The fourth-order valence-electron chi connectivity index (χ4n) is 6.09. The van der Waals surface area contributed by atoms with Gasteiger partial charge in [0.05, 0.1) is 42.6 Å². The standard InChI is InChI=1S/C24H29F3N6O3/c1-3-35-20(34)17-18(22-10-23(11-22,12-22)24(25,26)27)30-21(31-19(17)28)32-7-13(2)36-16(9-32)14-6-29-33(8-14)15-4-5-15/h6,8,13,15-16H,3-5,7,9-12H2,1-2H3,(H2,28,30,31)/t13-,16-,22?,23?/m1/s1. The van der Waals surface area contributed by atoms with Gasteiger partial charge >= 0.3 is 12.1 Å². The maximum atomic E-state index is 13.6. The molecule has 0 unspecified atom stereocenters. The first-order valence-electron chi connectivity index (χ1n) is 12.4. The summed E-state index contributed by atoms with van der Waals surface area (Å²) in [5.41, 5.74) is 4.92. The number of esters is 1. The van der Waals surface area contributed by atoms with Crippen LogP contribution in [0.25, 0.3) is 0 Å². The van der Waals surface area contributed by atoms with Gasteiger partial charge in [-0.05, 0) is 46.0 Å². The molecule has 12 heteroatoms. The number of anilines is 2. The summed E-state index contributed by atoms with van der Waals surface area (Å²) in [6.07, 6.45) is 1.03. The van der Waals surface area contributed by atoms with E-state index in [4.69, 9.17) is 20.2 Å². The van der Waals surface area contributed by atoms with E-state index in [2.05, 4.69) is 10.1 Å². The van der Waals surface area contributed by atoms with Crippen molar-refractivity contribution < 1.29 is 27.4 Å². The summed E-state index contributed by atoms with van der Waals surface area (Å²) in [6.45, 7) is 4.61. The number of hydrogen-bond acceptors (Lipinski definition) is 8. The van der Waals surface area contributed by atoms with E-state index in [1.807, 2.05) is 28.9 Å². The number of carbonyl (C=O) groups excluding carboxylic acids is 1. The summed E-state index contributed by atoms with van der Waals surface area (Å²) in [5.74, 6) is -0.490. The first kappa shape index (κ1) is 23.5. The number of alkyl halides is 3. The van der Waals surface area contributed by atoms with Crippen LogP contribution in [0, 0.1) is 5.41 Å². The zero-order valence-electron chi connectivity index (χ0n) is 20.2. The van der Waals surface area contributed by atoms with Gasteiger partial charge in [-0.25, -0.2) is 9.78 Å². The van der Waals surface area contributed by atoms with Crippen LogP contribution in [0.2, 0.25) is 0 Å². The van der Waals surface area contributed by atoms with Crippen LogP contribution in [-0.2, 0) is 14.9 Å². The molecule has 2 N–H and O–H groups in total. The van der Waals surface area contributed by atoms with Crippen LogP contribution < -0.4 is 10.6 Å². The Balaban J connectivity index is 1.32. The second-order valence-corrected chi connectivity index (χ2v) is 10.8. The number of rotatable bonds is 6. The van der Waals surface area contributed by atoms with Gasteiger partial charge in [0.2, 0.25) is 5.95 Å². The lowest BCUT2D eigenvalue weighted by Gasteiger charge is -2.70. The first-order valence-corrected chi connectivity index (χ1v) is 12.4. The van der Waals surface area contributed by atoms with Crippen molar-refractivity contribution in [3.8, 4) is 0 Å². The van der Waals surface area contributed by atoms with Crippen molar-refractivity contribution >= 4 is 17.7 Å². The Kier molecular flexibility index (Phi) is 5.09. The van der Waals surface area contributed by atoms with Crippen molar-refractivity contribution in [1.82, 2.24) is 19.7 Å². The van der Waals surface area contributed by atoms with E-state index in [1.165, 1.54) is 0 Å². The van der Waals surface area contributed by atoms with E-state index in [9.17, 15) is 18.0 Å². The molecule has 3 heterocycles. The third kappa shape index (κ3) is 3.55. The Morgan fingerprint density at radius 3 is 2.61 bits per heavy atom. The lowest BCUT2D eigenvalue weighted by atomic mass is 9.33. The topological polar surface area (TPSA) is 108 Å². The molecule has 2 atom stereocenters. The van der Waals surface area contributed by atoms with E-state index in [1.54, 1.807) is 6.92 Å². The normalized spacial score (nSPS) is 31.5. The molecule has 2 bridgehead atoms. The van der Waals surface area contributed by atoms with Crippen LogP contribution in [0.1, 0.15) is 79.7 Å². The molecule has 5 fully saturated rings. The lowest BCUT2D eigenvalue weighted by molar-refractivity contribution is -0.337. The molecule has 1 saturated heterocycles. The quantitative estimate of drug-likeness (QED) is 0.591. The molecule has 194 valence electrons. The molecular formula is C24H29F3N6O3. The number of nitrogens with zero attached hydrogens (tertiary/aromatic N) is 5. The number of hydrogen-bond donors (Lipinski definition) is 1. The summed E-state index contributed by atoms with van der Waals surface area (Å²) in [4.78, 5) is 23.8. The second-order valence-electron chi connectivity index (χ2n) is 10.8. The van der Waals surface area contributed by atoms with E-state index in [0.29, 0.717) is 19.1 Å². The number of ether oxygens (including phenoxy) is 2. The number of nitrogen functional groups attached to an aromatic ring is 1. The van der Waals surface area contributed by atoms with Crippen LogP contribution >= 0.6 is 0 Å². The van der Waals surface area contributed by atoms with Crippen molar-refractivity contribution in [2.45, 2.75) is 75.8 Å². The van der Waals surface area contributed by atoms with Crippen molar-refractivity contribution in [3.05, 3.63) is 29.2 Å². The Bertz CT molecular complexity index is 1190. The van der Waals surface area contributed by atoms with Gasteiger partial charge < -0.3 is 20.1 Å². The fourth-order valence-corrected chi connectivity index (χ4v) is 6.09. The summed E-state index contributed by atoms with van der Waals surface area (Å²) in [6, 6.07) is 0.449. The Labute approximate surface area is 206 Å². The average Bonchev–Trinajstić information content (AvgIpc) is 3.46. The van der Waals surface area contributed by atoms with Crippen LogP contribution in [0.5, 0.6) is 0 Å². The molecule has 7 rings (SSSR count). The summed E-state index contributed by atoms with van der Waals surface area (Å²) < 4.78 is 54.0. The average molecular weight is 507 g/mol. The molecular weight excluding hydrogens is 477 g/mol. The molecule has 0 amide bonds. The van der Waals surface area contributed by atoms with Gasteiger partial charge in [-0.15, -0.1) is 0 Å². The number of morpholine rings is 1. The zero-order chi connectivity index (χ0) is 25.5. The number of aromatic nitrogens is 4. The Hall–Kier alpha value is -2.89. The van der Waals surface area contributed by atoms with Gasteiger partial charge in [0.25, 0.3) is 0 Å². The van der Waals surface area contributed by atoms with Crippen LogP contribution in [0.15, 0.2) is 12.4 Å². The molecule has 0 radical (unpaired) electrons. The molecule has 0 aromatic carbocycles. The lowest BCUT2D eigenvalue weighted by Crippen LogP contribution is -2.71. The van der Waals surface area contributed by atoms with E-state index in [0.717, 1.165) is 18.4 Å². The van der Waals surface area contributed by atoms with Crippen LogP contribution in [0.3, 0.4) is 0 Å². The minimum Gasteiger partial charge on any atom is -0.462 e. The fraction of sp³-hybridized carbons (Fsp3) is 0.667. The molecule has 4 saturated carbocycles. The molecule has 2 aromatic heterocycles. The van der Waals surface area contributed by atoms with Gasteiger partial charge in [0.15, 0.2) is 0 Å². The van der Waals surface area contributed by atoms with Crippen LogP contribution in [0.4, 0.5) is 24.9 Å². The number of halogens is 3. The summed E-state index contributed by atoms with van der Waals surface area (Å²) >= 11 is 0. The minimum atomic E-state index is -4.28. The SMILES string of the molecule is CCOC(=O)c1c(N)nc(N2C[C@@H](C)O[C@@H](c3cnn(C4CC4)c3)C2)nc1C12CC(C(F)(F)F)(C1)C2. The minimum absolute atomic E-state index is 0.0142. The van der Waals surface area contributed by atoms with Gasteiger partial charge in [0, 0.05) is 23.7 Å². The molecule has 5 aliphatic rings. The predicted octanol–water partition coefficient (Wildman–Crippen LogP) is 3.72. The smallest absolute Gasteiger partial charge is 0.394 e. The molecule has 1 aliphatic heterocycles. The highest BCUT2D eigenvalue weighted by molar-refractivity contribution is 5.96. The van der Waals surface area contributed by atoms with Crippen molar-refractivity contribution in [2.24, 2.45) is 5.41 Å². The summed E-state index contributed by atoms with van der Waals surface area (Å²) in [5, 5.41) is 4.46. The predicted molar refractivity (Wildman–Crippen MR) is 122 cm³/mol. The van der Waals surface area contributed by atoms with E-state index in [-0.39, 0.29) is 61.1 Å². The maximum Gasteiger partial charge on any atom is 0.394 e. The van der Waals surface area contributed by atoms with Gasteiger partial charge in [0.1, 0.15) is 17.5 Å². The third-order valence-electron chi connectivity index (χ3n) is 8.00. The first-order chi connectivity index (χ1) is 17.0. The van der Waals surface area contributed by atoms with E-state index >= 15 is 0 Å². The zero-order valence-corrected chi connectivity index (χ0v) is 20.2. The molecule has 9 nitrogen and oxygen atoms in total. The maximum absolute atomic E-state index is 13.6. The van der Waals surface area contributed by atoms with Crippen molar-refractivity contribution in [2.75, 3.05) is 30.3 Å². The largest absolute Gasteiger partial charge is 0.462 e. The Morgan fingerprint density at radius 2 is 1.97 bits per heavy atom. The summed E-state index contributed by atoms with van der Waals surface area (Å²) in [7, 11) is 0. The van der Waals surface area contributed by atoms with Gasteiger partial charge in [-0.2, -0.15) is 23.3 Å².